The van der Waals surface area contributed by atoms with Gasteiger partial charge in [-0.15, -0.1) is 10.2 Å². The smallest absolute Gasteiger partial charge is 0.234 e. The zero-order chi connectivity index (χ0) is 23.1. The number of rotatable bonds is 10. The Morgan fingerprint density at radius 2 is 1.72 bits per heavy atom. The first-order valence-electron chi connectivity index (χ1n) is 10.3. The predicted octanol–water partition coefficient (Wildman–Crippen LogP) is 4.95. The SMILES string of the molecule is COc1ccc(NC(=O)CSc2nnc(C(C)Oc3ccc(F)cc3)n2CC(C)C)cc1. The van der Waals surface area contributed by atoms with E-state index < -0.39 is 6.10 Å². The van der Waals surface area contributed by atoms with Gasteiger partial charge in [-0.2, -0.15) is 0 Å². The molecule has 0 saturated heterocycles. The predicted molar refractivity (Wildman–Crippen MR) is 123 cm³/mol. The van der Waals surface area contributed by atoms with Crippen molar-refractivity contribution in [1.29, 1.82) is 0 Å². The highest BCUT2D eigenvalue weighted by Crippen LogP contribution is 2.26. The Bertz CT molecular complexity index is 1020. The molecule has 7 nitrogen and oxygen atoms in total. The zero-order valence-corrected chi connectivity index (χ0v) is 19.4. The third kappa shape index (κ3) is 6.46. The number of benzene rings is 2. The van der Waals surface area contributed by atoms with Crippen LogP contribution in [0.3, 0.4) is 0 Å². The Morgan fingerprint density at radius 3 is 2.34 bits per heavy atom. The van der Waals surface area contributed by atoms with Crippen LogP contribution in [-0.4, -0.2) is 33.5 Å². The molecule has 1 atom stereocenters. The average Bonchev–Trinajstić information content (AvgIpc) is 3.16. The number of nitrogens with one attached hydrogen (secondary N) is 1. The van der Waals surface area contributed by atoms with Gasteiger partial charge in [-0.1, -0.05) is 25.6 Å². The largest absolute Gasteiger partial charge is 0.497 e. The molecule has 1 N–H and O–H groups in total. The van der Waals surface area contributed by atoms with Gasteiger partial charge in [-0.25, -0.2) is 4.39 Å². The number of halogens is 1. The molecular formula is C23H27FN4O3S. The van der Waals surface area contributed by atoms with Crippen molar-refractivity contribution in [2.24, 2.45) is 5.92 Å². The molecule has 3 aromatic rings. The van der Waals surface area contributed by atoms with Crippen LogP contribution in [0.15, 0.2) is 53.7 Å². The Kier molecular flexibility index (Phi) is 8.10. The van der Waals surface area contributed by atoms with Gasteiger partial charge >= 0.3 is 0 Å². The molecule has 0 bridgehead atoms. The van der Waals surface area contributed by atoms with E-state index in [2.05, 4.69) is 29.4 Å². The van der Waals surface area contributed by atoms with E-state index in [0.29, 0.717) is 34.9 Å². The number of methoxy groups -OCH3 is 1. The maximum Gasteiger partial charge on any atom is 0.234 e. The van der Waals surface area contributed by atoms with Crippen LogP contribution in [0, 0.1) is 11.7 Å². The molecule has 32 heavy (non-hydrogen) atoms. The van der Waals surface area contributed by atoms with Crippen LogP contribution in [0.5, 0.6) is 11.5 Å². The Labute approximate surface area is 191 Å². The molecule has 0 fully saturated rings. The van der Waals surface area contributed by atoms with Gasteiger partial charge in [0.05, 0.1) is 12.9 Å². The van der Waals surface area contributed by atoms with E-state index in [1.165, 1.54) is 23.9 Å². The summed E-state index contributed by atoms with van der Waals surface area (Å²) in [6, 6.07) is 13.0. The van der Waals surface area contributed by atoms with E-state index in [0.717, 1.165) is 5.75 Å². The van der Waals surface area contributed by atoms with Crippen molar-refractivity contribution in [3.8, 4) is 11.5 Å². The molecule has 0 spiro atoms. The minimum Gasteiger partial charge on any atom is -0.497 e. The fourth-order valence-corrected chi connectivity index (χ4v) is 3.77. The maximum absolute atomic E-state index is 13.2. The van der Waals surface area contributed by atoms with E-state index in [1.807, 2.05) is 11.5 Å². The van der Waals surface area contributed by atoms with Crippen LogP contribution in [0.1, 0.15) is 32.7 Å². The molecule has 1 amide bonds. The number of ether oxygens (including phenoxy) is 2. The summed E-state index contributed by atoms with van der Waals surface area (Å²) in [4.78, 5) is 12.4. The molecule has 1 unspecified atom stereocenters. The van der Waals surface area contributed by atoms with Crippen molar-refractivity contribution in [3.63, 3.8) is 0 Å². The molecule has 0 saturated carbocycles. The van der Waals surface area contributed by atoms with Crippen molar-refractivity contribution in [3.05, 3.63) is 60.2 Å². The van der Waals surface area contributed by atoms with E-state index in [4.69, 9.17) is 9.47 Å². The van der Waals surface area contributed by atoms with E-state index in [1.54, 1.807) is 43.5 Å². The van der Waals surface area contributed by atoms with Gasteiger partial charge in [-0.3, -0.25) is 4.79 Å². The first-order valence-corrected chi connectivity index (χ1v) is 11.3. The van der Waals surface area contributed by atoms with Crippen molar-refractivity contribution >= 4 is 23.4 Å². The summed E-state index contributed by atoms with van der Waals surface area (Å²) in [5, 5.41) is 12.1. The lowest BCUT2D eigenvalue weighted by Crippen LogP contribution is -2.17. The summed E-state index contributed by atoms with van der Waals surface area (Å²) in [7, 11) is 1.59. The number of carbonyl (C=O) groups excluding carboxylic acids is 1. The number of thioether (sulfide) groups is 1. The molecule has 1 aromatic heterocycles. The molecule has 0 aliphatic carbocycles. The summed E-state index contributed by atoms with van der Waals surface area (Å²) in [5.41, 5.74) is 0.696. The van der Waals surface area contributed by atoms with Crippen LogP contribution in [0.25, 0.3) is 0 Å². The molecule has 1 heterocycles. The minimum atomic E-state index is -0.394. The first-order chi connectivity index (χ1) is 15.4. The molecule has 9 heteroatoms. The van der Waals surface area contributed by atoms with E-state index in [9.17, 15) is 9.18 Å². The van der Waals surface area contributed by atoms with Crippen molar-refractivity contribution < 1.29 is 18.7 Å². The number of nitrogens with zero attached hydrogens (tertiary/aromatic N) is 3. The second-order valence-electron chi connectivity index (χ2n) is 7.62. The van der Waals surface area contributed by atoms with Gasteiger partial charge in [0, 0.05) is 12.2 Å². The number of amides is 1. The van der Waals surface area contributed by atoms with Crippen molar-refractivity contribution in [2.75, 3.05) is 18.2 Å². The molecule has 3 rings (SSSR count). The lowest BCUT2D eigenvalue weighted by atomic mass is 10.2. The van der Waals surface area contributed by atoms with E-state index >= 15 is 0 Å². The van der Waals surface area contributed by atoms with Crippen LogP contribution >= 0.6 is 11.8 Å². The fraction of sp³-hybridized carbons (Fsp3) is 0.348. The van der Waals surface area contributed by atoms with Crippen LogP contribution in [0.2, 0.25) is 0 Å². The van der Waals surface area contributed by atoms with Crippen molar-refractivity contribution in [1.82, 2.24) is 14.8 Å². The molecular weight excluding hydrogens is 431 g/mol. The topological polar surface area (TPSA) is 78.3 Å². The van der Waals surface area contributed by atoms with Crippen LogP contribution in [-0.2, 0) is 11.3 Å². The molecule has 0 aliphatic rings. The zero-order valence-electron chi connectivity index (χ0n) is 18.5. The second-order valence-corrected chi connectivity index (χ2v) is 8.57. The lowest BCUT2D eigenvalue weighted by molar-refractivity contribution is -0.113. The summed E-state index contributed by atoms with van der Waals surface area (Å²) < 4.78 is 26.2. The number of hydrogen-bond donors (Lipinski definition) is 1. The monoisotopic (exact) mass is 458 g/mol. The summed E-state index contributed by atoms with van der Waals surface area (Å²) in [6.07, 6.45) is -0.394. The number of aromatic nitrogens is 3. The quantitative estimate of drug-likeness (QED) is 0.433. The molecule has 0 radical (unpaired) electrons. The van der Waals surface area contributed by atoms with Gasteiger partial charge in [-0.05, 0) is 61.4 Å². The minimum absolute atomic E-state index is 0.142. The van der Waals surface area contributed by atoms with Gasteiger partial charge in [0.2, 0.25) is 5.91 Å². The Morgan fingerprint density at radius 1 is 1.06 bits per heavy atom. The highest BCUT2D eigenvalue weighted by Gasteiger charge is 2.21. The second kappa shape index (κ2) is 11.0. The summed E-state index contributed by atoms with van der Waals surface area (Å²) in [6.45, 7) is 6.75. The number of hydrogen-bond acceptors (Lipinski definition) is 6. The highest BCUT2D eigenvalue weighted by atomic mass is 32.2. The third-order valence-corrected chi connectivity index (χ3v) is 5.46. The van der Waals surface area contributed by atoms with Gasteiger partial charge in [0.15, 0.2) is 17.1 Å². The van der Waals surface area contributed by atoms with Gasteiger partial charge < -0.3 is 19.4 Å². The van der Waals surface area contributed by atoms with Crippen LogP contribution < -0.4 is 14.8 Å². The lowest BCUT2D eigenvalue weighted by Gasteiger charge is -2.17. The first kappa shape index (κ1) is 23.6. The summed E-state index contributed by atoms with van der Waals surface area (Å²) >= 11 is 1.32. The van der Waals surface area contributed by atoms with Crippen LogP contribution in [0.4, 0.5) is 10.1 Å². The van der Waals surface area contributed by atoms with Gasteiger partial charge in [0.25, 0.3) is 0 Å². The summed E-state index contributed by atoms with van der Waals surface area (Å²) in [5.74, 6) is 2.00. The number of anilines is 1. The van der Waals surface area contributed by atoms with E-state index in [-0.39, 0.29) is 17.5 Å². The maximum atomic E-state index is 13.2. The number of carbonyl (C=O) groups is 1. The third-order valence-electron chi connectivity index (χ3n) is 4.49. The van der Waals surface area contributed by atoms with Crippen molar-refractivity contribution in [2.45, 2.75) is 38.6 Å². The normalized spacial score (nSPS) is 11.9. The Hall–Kier alpha value is -3.07. The Balaban J connectivity index is 1.66. The molecule has 170 valence electrons. The standard InChI is InChI=1S/C23H27FN4O3S/c1-15(2)13-28-22(16(3)31-20-9-5-17(24)6-10-20)26-27-23(28)32-14-21(29)25-18-7-11-19(30-4)12-8-18/h5-12,15-16H,13-14H2,1-4H3,(H,25,29). The highest BCUT2D eigenvalue weighted by molar-refractivity contribution is 7.99. The van der Waals surface area contributed by atoms with Gasteiger partial charge in [0.1, 0.15) is 17.3 Å². The average molecular weight is 459 g/mol. The molecule has 0 aliphatic heterocycles. The fourth-order valence-electron chi connectivity index (χ4n) is 3.02. The molecule has 2 aromatic carbocycles.